The molecule has 3 aromatic carbocycles. The molecule has 2 bridgehead atoms. The number of nitrogens with zero attached hydrogens (tertiary/aromatic N) is 1. The van der Waals surface area contributed by atoms with Gasteiger partial charge in [0.2, 0.25) is 11.8 Å². The topological polar surface area (TPSA) is 70.2 Å². The van der Waals surface area contributed by atoms with Crippen molar-refractivity contribution in [2.24, 2.45) is 29.6 Å². The summed E-state index contributed by atoms with van der Waals surface area (Å²) in [5, 5.41) is 1.14. The Morgan fingerprint density at radius 1 is 0.737 bits per heavy atom. The summed E-state index contributed by atoms with van der Waals surface area (Å²) < 4.78 is 0. The number of carbonyl (C=O) groups excluding carboxylic acids is 2. The standard InChI is InChI=1S/C31H24N2O3S2/c34-29-24-20-15-21(25(24)30(35)33(29)19-9-5-2-6-10-19)26-23(20)22(27-28(37-26)32-31(36)38-27)18-13-11-17(12-14-18)16-7-3-1-4-8-16/h1-14,20-26H,15H2,(H,32,36)/t20?,21?,22-,23?,24?,25?,26?/m1/s1. The van der Waals surface area contributed by atoms with Gasteiger partial charge in [-0.15, -0.1) is 11.8 Å². The zero-order valence-corrected chi connectivity index (χ0v) is 22.0. The van der Waals surface area contributed by atoms with E-state index in [0.717, 1.165) is 21.9 Å². The molecule has 3 heterocycles. The van der Waals surface area contributed by atoms with Gasteiger partial charge >= 0.3 is 4.87 Å². The number of aromatic amines is 1. The number of para-hydroxylation sites is 1. The molecule has 188 valence electrons. The second-order valence-electron chi connectivity index (χ2n) is 10.8. The Bertz CT molecular complexity index is 1630. The summed E-state index contributed by atoms with van der Waals surface area (Å²) in [7, 11) is 0. The Morgan fingerprint density at radius 3 is 2.08 bits per heavy atom. The molecule has 1 N–H and O–H groups in total. The van der Waals surface area contributed by atoms with E-state index in [1.807, 2.05) is 48.5 Å². The van der Waals surface area contributed by atoms with Crippen molar-refractivity contribution in [2.45, 2.75) is 22.6 Å². The predicted octanol–water partition coefficient (Wildman–Crippen LogP) is 5.78. The minimum atomic E-state index is -0.280. The molecule has 2 saturated carbocycles. The van der Waals surface area contributed by atoms with Crippen LogP contribution in [0.15, 0.2) is 94.7 Å². The highest BCUT2D eigenvalue weighted by atomic mass is 32.2. The number of H-pyrrole nitrogens is 1. The molecular formula is C31H24N2O3S2. The monoisotopic (exact) mass is 536 g/mol. The lowest BCUT2D eigenvalue weighted by molar-refractivity contribution is -0.123. The molecule has 6 unspecified atom stereocenters. The van der Waals surface area contributed by atoms with Crippen LogP contribution in [0.1, 0.15) is 22.8 Å². The third-order valence-corrected chi connectivity index (χ3v) is 11.7. The van der Waals surface area contributed by atoms with E-state index in [-0.39, 0.29) is 57.4 Å². The van der Waals surface area contributed by atoms with Gasteiger partial charge in [0.05, 0.1) is 22.5 Å². The van der Waals surface area contributed by atoms with Crippen LogP contribution in [0.3, 0.4) is 0 Å². The smallest absolute Gasteiger partial charge is 0.305 e. The summed E-state index contributed by atoms with van der Waals surface area (Å²) in [6, 6.07) is 28.4. The van der Waals surface area contributed by atoms with Crippen LogP contribution in [-0.4, -0.2) is 22.0 Å². The van der Waals surface area contributed by atoms with Crippen molar-refractivity contribution in [1.82, 2.24) is 4.98 Å². The first-order valence-corrected chi connectivity index (χ1v) is 14.8. The van der Waals surface area contributed by atoms with Crippen LogP contribution >= 0.6 is 23.1 Å². The second kappa shape index (κ2) is 8.29. The van der Waals surface area contributed by atoms with E-state index in [4.69, 9.17) is 0 Å². The number of anilines is 1. The molecule has 3 fully saturated rings. The molecule has 5 nitrogen and oxygen atoms in total. The van der Waals surface area contributed by atoms with Crippen LogP contribution in [0.25, 0.3) is 11.1 Å². The van der Waals surface area contributed by atoms with Crippen LogP contribution in [0.2, 0.25) is 0 Å². The Morgan fingerprint density at radius 2 is 1.37 bits per heavy atom. The summed E-state index contributed by atoms with van der Waals surface area (Å²) >= 11 is 3.03. The lowest BCUT2D eigenvalue weighted by Crippen LogP contribution is -2.42. The highest BCUT2D eigenvalue weighted by molar-refractivity contribution is 8.00. The first kappa shape index (κ1) is 22.6. The predicted molar refractivity (Wildman–Crippen MR) is 149 cm³/mol. The van der Waals surface area contributed by atoms with E-state index < -0.39 is 0 Å². The number of fused-ring (bicyclic) bond motifs is 9. The van der Waals surface area contributed by atoms with Crippen LogP contribution in [0.4, 0.5) is 5.69 Å². The van der Waals surface area contributed by atoms with E-state index in [2.05, 4.69) is 41.4 Å². The molecule has 2 amide bonds. The number of benzene rings is 3. The lowest BCUT2D eigenvalue weighted by atomic mass is 9.68. The first-order valence-electron chi connectivity index (χ1n) is 13.1. The van der Waals surface area contributed by atoms with Crippen LogP contribution in [-0.2, 0) is 9.59 Å². The number of nitrogens with one attached hydrogen (secondary N) is 1. The summed E-state index contributed by atoms with van der Waals surface area (Å²) in [4.78, 5) is 45.5. The molecule has 4 aromatic rings. The van der Waals surface area contributed by atoms with Crippen molar-refractivity contribution in [3.05, 3.63) is 105 Å². The fourth-order valence-corrected chi connectivity index (χ4v) is 10.6. The van der Waals surface area contributed by atoms with E-state index in [9.17, 15) is 14.4 Å². The molecule has 7 atom stereocenters. The van der Waals surface area contributed by atoms with Crippen molar-refractivity contribution in [3.63, 3.8) is 0 Å². The van der Waals surface area contributed by atoms with Crippen LogP contribution in [0, 0.1) is 29.6 Å². The molecule has 7 heteroatoms. The molecule has 38 heavy (non-hydrogen) atoms. The summed E-state index contributed by atoms with van der Waals surface area (Å²) in [6.45, 7) is 0. The highest BCUT2D eigenvalue weighted by Crippen LogP contribution is 2.68. The van der Waals surface area contributed by atoms with Gasteiger partial charge in [0.1, 0.15) is 0 Å². The number of aromatic nitrogens is 1. The van der Waals surface area contributed by atoms with Gasteiger partial charge in [0.25, 0.3) is 0 Å². The largest absolute Gasteiger partial charge is 0.307 e. The molecule has 2 aliphatic heterocycles. The van der Waals surface area contributed by atoms with Gasteiger partial charge in [0.15, 0.2) is 0 Å². The van der Waals surface area contributed by atoms with Crippen molar-refractivity contribution < 1.29 is 9.59 Å². The Kier molecular flexibility index (Phi) is 4.92. The molecule has 1 saturated heterocycles. The minimum Gasteiger partial charge on any atom is -0.307 e. The van der Waals surface area contributed by atoms with Gasteiger partial charge < -0.3 is 4.98 Å². The molecule has 1 aromatic heterocycles. The van der Waals surface area contributed by atoms with Crippen molar-refractivity contribution in [1.29, 1.82) is 0 Å². The zero-order valence-electron chi connectivity index (χ0n) is 20.3. The Labute approximate surface area is 227 Å². The average Bonchev–Trinajstić information content (AvgIpc) is 3.68. The zero-order chi connectivity index (χ0) is 25.5. The molecule has 2 aliphatic carbocycles. The second-order valence-corrected chi connectivity index (χ2v) is 13.0. The maximum Gasteiger partial charge on any atom is 0.305 e. The van der Waals surface area contributed by atoms with Gasteiger partial charge in [-0.3, -0.25) is 19.3 Å². The SMILES string of the molecule is O=C1C2C3CC(C2C(=O)N1c1ccccc1)C1C3Sc2[nH]c(=O)sc2[C@@H]1c1ccc(-c2ccccc2)cc1. The lowest BCUT2D eigenvalue weighted by Gasteiger charge is -2.43. The maximum absolute atomic E-state index is 13.8. The van der Waals surface area contributed by atoms with Crippen molar-refractivity contribution in [2.75, 3.05) is 4.90 Å². The number of thioether (sulfide) groups is 1. The first-order chi connectivity index (χ1) is 18.6. The molecule has 8 rings (SSSR count). The summed E-state index contributed by atoms with van der Waals surface area (Å²) in [5.74, 6) is -0.147. The molecular weight excluding hydrogens is 512 g/mol. The third-order valence-electron chi connectivity index (χ3n) is 9.12. The van der Waals surface area contributed by atoms with Gasteiger partial charge in [-0.2, -0.15) is 0 Å². The fraction of sp³-hybridized carbons (Fsp3) is 0.258. The average molecular weight is 537 g/mol. The summed E-state index contributed by atoms with van der Waals surface area (Å²) in [5.41, 5.74) is 4.17. The molecule has 0 radical (unpaired) electrons. The van der Waals surface area contributed by atoms with Crippen molar-refractivity contribution in [3.8, 4) is 11.1 Å². The molecule has 4 aliphatic rings. The molecule has 0 spiro atoms. The number of rotatable bonds is 3. The number of carbonyl (C=O) groups is 2. The Hall–Kier alpha value is -3.42. The number of thiazole rings is 1. The number of amides is 2. The van der Waals surface area contributed by atoms with Gasteiger partial charge in [-0.1, -0.05) is 84.1 Å². The number of hydrogen-bond acceptors (Lipinski definition) is 5. The van der Waals surface area contributed by atoms with Gasteiger partial charge in [0, 0.05) is 16.0 Å². The van der Waals surface area contributed by atoms with Crippen molar-refractivity contribution >= 4 is 40.6 Å². The quantitative estimate of drug-likeness (QED) is 0.337. The van der Waals surface area contributed by atoms with Crippen LogP contribution in [0.5, 0.6) is 0 Å². The highest BCUT2D eigenvalue weighted by Gasteiger charge is 2.69. The summed E-state index contributed by atoms with van der Waals surface area (Å²) in [6.07, 6.45) is 0.898. The van der Waals surface area contributed by atoms with Gasteiger partial charge in [-0.25, -0.2) is 0 Å². The van der Waals surface area contributed by atoms with E-state index in [1.54, 1.807) is 11.8 Å². The normalized spacial score (nSPS) is 30.8. The van der Waals surface area contributed by atoms with E-state index in [1.165, 1.54) is 27.4 Å². The number of hydrogen-bond donors (Lipinski definition) is 1. The third kappa shape index (κ3) is 3.09. The van der Waals surface area contributed by atoms with Gasteiger partial charge in [-0.05, 0) is 53.0 Å². The van der Waals surface area contributed by atoms with E-state index in [0.29, 0.717) is 5.69 Å². The maximum atomic E-state index is 13.8. The number of imide groups is 1. The minimum absolute atomic E-state index is 0.0367. The van der Waals surface area contributed by atoms with Crippen LogP contribution < -0.4 is 9.77 Å². The Balaban J connectivity index is 1.20. The van der Waals surface area contributed by atoms with E-state index >= 15 is 0 Å². The fourth-order valence-electron chi connectivity index (χ4n) is 7.74.